The third-order valence-corrected chi connectivity index (χ3v) is 4.92. The van der Waals surface area contributed by atoms with Gasteiger partial charge in [-0.2, -0.15) is 0 Å². The van der Waals surface area contributed by atoms with Crippen molar-refractivity contribution < 1.29 is 4.79 Å². The molecule has 0 saturated carbocycles. The van der Waals surface area contributed by atoms with Gasteiger partial charge in [-0.1, -0.05) is 55.8 Å². The van der Waals surface area contributed by atoms with Crippen LogP contribution in [0, 0.1) is 0 Å². The molecule has 1 amide bonds. The molecule has 0 aromatic heterocycles. The van der Waals surface area contributed by atoms with Crippen molar-refractivity contribution in [3.05, 3.63) is 70.2 Å². The van der Waals surface area contributed by atoms with Crippen molar-refractivity contribution >= 4 is 23.5 Å². The molecule has 150 valence electrons. The summed E-state index contributed by atoms with van der Waals surface area (Å²) in [5, 5.41) is 7.44. The van der Waals surface area contributed by atoms with Crippen molar-refractivity contribution in [3.8, 4) is 0 Å². The summed E-state index contributed by atoms with van der Waals surface area (Å²) in [7, 11) is 5.24. The summed E-state index contributed by atoms with van der Waals surface area (Å²) in [5.41, 5.74) is 2.70. The average Bonchev–Trinajstić information content (AvgIpc) is 2.68. The van der Waals surface area contributed by atoms with E-state index >= 15 is 0 Å². The second kappa shape index (κ2) is 9.60. The normalized spacial score (nSPS) is 11.9. The van der Waals surface area contributed by atoms with Crippen molar-refractivity contribution in [2.24, 2.45) is 4.99 Å². The van der Waals surface area contributed by atoms with E-state index in [9.17, 15) is 4.79 Å². The topological polar surface area (TPSA) is 56.7 Å². The lowest BCUT2D eigenvalue weighted by Crippen LogP contribution is -2.43. The van der Waals surface area contributed by atoms with Crippen LogP contribution in [0.1, 0.15) is 35.3 Å². The number of hydrogen-bond donors (Lipinski definition) is 2. The number of carbonyl (C=O) groups is 1. The number of benzene rings is 2. The van der Waals surface area contributed by atoms with Crippen molar-refractivity contribution in [1.82, 2.24) is 15.5 Å². The van der Waals surface area contributed by atoms with Crippen LogP contribution in [0.2, 0.25) is 5.02 Å². The molecule has 0 aliphatic heterocycles. The van der Waals surface area contributed by atoms with E-state index in [-0.39, 0.29) is 11.3 Å². The van der Waals surface area contributed by atoms with Gasteiger partial charge in [-0.05, 0) is 29.3 Å². The molecular formula is C22H29ClN4O. The molecule has 0 saturated heterocycles. The van der Waals surface area contributed by atoms with Gasteiger partial charge in [-0.25, -0.2) is 0 Å². The van der Waals surface area contributed by atoms with Gasteiger partial charge in [-0.15, -0.1) is 0 Å². The molecule has 2 rings (SSSR count). The second-order valence-electron chi connectivity index (χ2n) is 7.54. The van der Waals surface area contributed by atoms with Crippen LogP contribution in [-0.4, -0.2) is 44.5 Å². The fourth-order valence-corrected chi connectivity index (χ4v) is 3.23. The quantitative estimate of drug-likeness (QED) is 0.574. The number of hydrogen-bond acceptors (Lipinski definition) is 2. The van der Waals surface area contributed by atoms with E-state index in [4.69, 9.17) is 11.6 Å². The maximum absolute atomic E-state index is 12.0. The highest BCUT2D eigenvalue weighted by Crippen LogP contribution is 2.28. The second-order valence-corrected chi connectivity index (χ2v) is 7.95. The number of aliphatic imine (C=N–C) groups is 1. The van der Waals surface area contributed by atoms with E-state index < -0.39 is 0 Å². The smallest absolute Gasteiger partial charge is 0.253 e. The molecule has 0 spiro atoms. The van der Waals surface area contributed by atoms with Crippen LogP contribution >= 0.6 is 11.6 Å². The van der Waals surface area contributed by atoms with Gasteiger partial charge < -0.3 is 15.5 Å². The van der Waals surface area contributed by atoms with Gasteiger partial charge in [0.05, 0.1) is 0 Å². The molecule has 0 radical (unpaired) electrons. The monoisotopic (exact) mass is 400 g/mol. The van der Waals surface area contributed by atoms with Crippen LogP contribution in [0.3, 0.4) is 0 Å². The summed E-state index contributed by atoms with van der Waals surface area (Å²) >= 11 is 6.35. The molecule has 28 heavy (non-hydrogen) atoms. The summed E-state index contributed by atoms with van der Waals surface area (Å²) in [5.74, 6) is 0.715. The van der Waals surface area contributed by atoms with E-state index in [0.717, 1.165) is 16.1 Å². The Morgan fingerprint density at radius 1 is 1.07 bits per heavy atom. The van der Waals surface area contributed by atoms with Crippen molar-refractivity contribution in [3.63, 3.8) is 0 Å². The molecule has 2 aromatic rings. The Labute approximate surface area is 172 Å². The molecule has 2 aromatic carbocycles. The highest BCUT2D eigenvalue weighted by atomic mass is 35.5. The minimum atomic E-state index is -0.149. The van der Waals surface area contributed by atoms with Crippen LogP contribution < -0.4 is 10.6 Å². The van der Waals surface area contributed by atoms with Crippen LogP contribution in [-0.2, 0) is 12.0 Å². The maximum Gasteiger partial charge on any atom is 0.253 e. The van der Waals surface area contributed by atoms with E-state index in [2.05, 4.69) is 35.5 Å². The van der Waals surface area contributed by atoms with Crippen LogP contribution in [0.25, 0.3) is 0 Å². The molecule has 5 nitrogen and oxygen atoms in total. The molecule has 2 N–H and O–H groups in total. The van der Waals surface area contributed by atoms with Gasteiger partial charge in [0.1, 0.15) is 0 Å². The molecular weight excluding hydrogens is 372 g/mol. The largest absolute Gasteiger partial charge is 0.356 e. The van der Waals surface area contributed by atoms with Crippen LogP contribution in [0.15, 0.2) is 53.5 Å². The fourth-order valence-electron chi connectivity index (χ4n) is 2.84. The van der Waals surface area contributed by atoms with Gasteiger partial charge in [0.2, 0.25) is 0 Å². The van der Waals surface area contributed by atoms with Gasteiger partial charge in [0.15, 0.2) is 5.96 Å². The standard InChI is InChI=1S/C22H29ClN4O/c1-22(2,18-8-6-7-9-19(18)23)15-26-21(24-3)25-14-16-10-12-17(13-11-16)20(28)27(4)5/h6-13H,14-15H2,1-5H3,(H2,24,25,26). The molecule has 0 bridgehead atoms. The Hall–Kier alpha value is -2.53. The van der Waals surface area contributed by atoms with E-state index in [0.29, 0.717) is 24.6 Å². The Balaban J connectivity index is 1.93. The van der Waals surface area contributed by atoms with Gasteiger partial charge >= 0.3 is 0 Å². The maximum atomic E-state index is 12.0. The molecule has 0 aliphatic carbocycles. The third kappa shape index (κ3) is 5.73. The van der Waals surface area contributed by atoms with Crippen molar-refractivity contribution in [2.45, 2.75) is 25.8 Å². The summed E-state index contributed by atoms with van der Waals surface area (Å²) in [6, 6.07) is 15.5. The molecule has 0 atom stereocenters. The Morgan fingerprint density at radius 2 is 1.71 bits per heavy atom. The van der Waals surface area contributed by atoms with Gasteiger partial charge in [-0.3, -0.25) is 9.79 Å². The highest BCUT2D eigenvalue weighted by molar-refractivity contribution is 6.31. The van der Waals surface area contributed by atoms with Crippen LogP contribution in [0.5, 0.6) is 0 Å². The number of nitrogens with zero attached hydrogens (tertiary/aromatic N) is 2. The minimum absolute atomic E-state index is 0.00112. The van der Waals surface area contributed by atoms with E-state index in [1.54, 1.807) is 26.0 Å². The Kier molecular flexibility index (Phi) is 7.46. The predicted octanol–water partition coefficient (Wildman–Crippen LogP) is 3.68. The average molecular weight is 401 g/mol. The van der Waals surface area contributed by atoms with Crippen molar-refractivity contribution in [1.29, 1.82) is 0 Å². The fraction of sp³-hybridized carbons (Fsp3) is 0.364. The number of carbonyl (C=O) groups excluding carboxylic acids is 1. The first-order chi connectivity index (χ1) is 13.2. The van der Waals surface area contributed by atoms with Crippen molar-refractivity contribution in [2.75, 3.05) is 27.7 Å². The van der Waals surface area contributed by atoms with Gasteiger partial charge in [0, 0.05) is 50.2 Å². The first-order valence-corrected chi connectivity index (χ1v) is 9.62. The lowest BCUT2D eigenvalue weighted by atomic mass is 9.84. The number of guanidine groups is 1. The minimum Gasteiger partial charge on any atom is -0.356 e. The summed E-state index contributed by atoms with van der Waals surface area (Å²) in [6.07, 6.45) is 0. The van der Waals surface area contributed by atoms with Crippen LogP contribution in [0.4, 0.5) is 0 Å². The third-order valence-electron chi connectivity index (χ3n) is 4.59. The van der Waals surface area contributed by atoms with Gasteiger partial charge in [0.25, 0.3) is 5.91 Å². The zero-order valence-electron chi connectivity index (χ0n) is 17.2. The van der Waals surface area contributed by atoms with E-state index in [1.165, 1.54) is 0 Å². The molecule has 0 heterocycles. The zero-order valence-corrected chi connectivity index (χ0v) is 18.0. The number of nitrogens with one attached hydrogen (secondary N) is 2. The lowest BCUT2D eigenvalue weighted by molar-refractivity contribution is 0.0827. The highest BCUT2D eigenvalue weighted by Gasteiger charge is 2.23. The molecule has 6 heteroatoms. The lowest BCUT2D eigenvalue weighted by Gasteiger charge is -2.27. The summed E-state index contributed by atoms with van der Waals surface area (Å²) < 4.78 is 0. The predicted molar refractivity (Wildman–Crippen MR) is 117 cm³/mol. The number of halogens is 1. The zero-order chi connectivity index (χ0) is 20.7. The number of rotatable bonds is 6. The SMILES string of the molecule is CN=C(NCc1ccc(C(=O)N(C)C)cc1)NCC(C)(C)c1ccccc1Cl. The first-order valence-electron chi connectivity index (χ1n) is 9.24. The first kappa shape index (κ1) is 21.8. The summed E-state index contributed by atoms with van der Waals surface area (Å²) in [4.78, 5) is 17.8. The Morgan fingerprint density at radius 3 is 2.29 bits per heavy atom. The number of amides is 1. The van der Waals surface area contributed by atoms with E-state index in [1.807, 2.05) is 42.5 Å². The summed E-state index contributed by atoms with van der Waals surface area (Å²) in [6.45, 7) is 5.60. The molecule has 0 unspecified atom stereocenters. The Bertz CT molecular complexity index is 829. The molecule has 0 aliphatic rings. The molecule has 0 fully saturated rings.